The van der Waals surface area contributed by atoms with Gasteiger partial charge in [0.05, 0.1) is 0 Å². The SMILES string of the molecule is CC(C)C1CN(Cc2ccsc2)C(C)CN1. The van der Waals surface area contributed by atoms with Gasteiger partial charge in [0.15, 0.2) is 0 Å². The van der Waals surface area contributed by atoms with E-state index in [1.807, 2.05) is 0 Å². The summed E-state index contributed by atoms with van der Waals surface area (Å²) in [6.45, 7) is 10.3. The molecular formula is C13H22N2S. The normalized spacial score (nSPS) is 27.5. The molecule has 0 spiro atoms. The molecule has 1 aliphatic heterocycles. The third-order valence-electron chi connectivity index (χ3n) is 3.50. The van der Waals surface area contributed by atoms with Gasteiger partial charge in [-0.2, -0.15) is 11.3 Å². The predicted octanol–water partition coefficient (Wildman–Crippen LogP) is 2.57. The summed E-state index contributed by atoms with van der Waals surface area (Å²) >= 11 is 1.79. The van der Waals surface area contributed by atoms with E-state index in [1.54, 1.807) is 11.3 Å². The number of rotatable bonds is 3. The Bertz CT molecular complexity index is 308. The van der Waals surface area contributed by atoms with Crippen molar-refractivity contribution >= 4 is 11.3 Å². The van der Waals surface area contributed by atoms with Crippen LogP contribution < -0.4 is 5.32 Å². The molecule has 1 fully saturated rings. The molecule has 0 radical (unpaired) electrons. The summed E-state index contributed by atoms with van der Waals surface area (Å²) in [6.07, 6.45) is 0. The molecule has 2 unspecified atom stereocenters. The molecule has 2 atom stereocenters. The van der Waals surface area contributed by atoms with Crippen molar-refractivity contribution in [3.63, 3.8) is 0 Å². The fraction of sp³-hybridized carbons (Fsp3) is 0.692. The van der Waals surface area contributed by atoms with E-state index in [4.69, 9.17) is 0 Å². The van der Waals surface area contributed by atoms with E-state index in [2.05, 4.69) is 47.8 Å². The second-order valence-corrected chi connectivity index (χ2v) is 5.95. The lowest BCUT2D eigenvalue weighted by Gasteiger charge is -2.40. The average molecular weight is 238 g/mol. The minimum absolute atomic E-state index is 0.648. The maximum atomic E-state index is 3.64. The zero-order chi connectivity index (χ0) is 11.5. The van der Waals surface area contributed by atoms with E-state index in [-0.39, 0.29) is 0 Å². The van der Waals surface area contributed by atoms with Crippen LogP contribution in [0.3, 0.4) is 0 Å². The summed E-state index contributed by atoms with van der Waals surface area (Å²) < 4.78 is 0. The monoisotopic (exact) mass is 238 g/mol. The lowest BCUT2D eigenvalue weighted by Crippen LogP contribution is -2.56. The Labute approximate surface area is 103 Å². The highest BCUT2D eigenvalue weighted by Crippen LogP contribution is 2.17. The first kappa shape index (κ1) is 12.1. The molecule has 0 aliphatic carbocycles. The van der Waals surface area contributed by atoms with Crippen molar-refractivity contribution in [2.24, 2.45) is 5.92 Å². The number of nitrogens with zero attached hydrogens (tertiary/aromatic N) is 1. The molecule has 3 heteroatoms. The van der Waals surface area contributed by atoms with Crippen molar-refractivity contribution in [1.82, 2.24) is 10.2 Å². The Morgan fingerprint density at radius 3 is 3.00 bits per heavy atom. The van der Waals surface area contributed by atoms with Gasteiger partial charge in [-0.25, -0.2) is 0 Å². The van der Waals surface area contributed by atoms with Gasteiger partial charge in [0.1, 0.15) is 0 Å². The van der Waals surface area contributed by atoms with Crippen LogP contribution in [0.1, 0.15) is 26.3 Å². The lowest BCUT2D eigenvalue weighted by atomic mass is 9.99. The largest absolute Gasteiger partial charge is 0.311 e. The third kappa shape index (κ3) is 2.84. The molecule has 90 valence electrons. The van der Waals surface area contributed by atoms with Crippen LogP contribution in [0.5, 0.6) is 0 Å². The Kier molecular flexibility index (Phi) is 4.00. The van der Waals surface area contributed by atoms with Crippen LogP contribution in [-0.2, 0) is 6.54 Å². The van der Waals surface area contributed by atoms with Gasteiger partial charge in [-0.1, -0.05) is 13.8 Å². The molecule has 1 aromatic rings. The van der Waals surface area contributed by atoms with Crippen molar-refractivity contribution in [2.75, 3.05) is 13.1 Å². The number of nitrogens with one attached hydrogen (secondary N) is 1. The van der Waals surface area contributed by atoms with Gasteiger partial charge in [-0.15, -0.1) is 0 Å². The van der Waals surface area contributed by atoms with Gasteiger partial charge in [-0.05, 0) is 35.2 Å². The van der Waals surface area contributed by atoms with Crippen LogP contribution >= 0.6 is 11.3 Å². The first-order chi connectivity index (χ1) is 7.66. The second-order valence-electron chi connectivity index (χ2n) is 5.17. The molecule has 16 heavy (non-hydrogen) atoms. The van der Waals surface area contributed by atoms with Crippen LogP contribution in [0.25, 0.3) is 0 Å². The van der Waals surface area contributed by atoms with E-state index in [0.29, 0.717) is 12.1 Å². The summed E-state index contributed by atoms with van der Waals surface area (Å²) in [6, 6.07) is 3.54. The molecule has 0 amide bonds. The smallest absolute Gasteiger partial charge is 0.0246 e. The average Bonchev–Trinajstić information content (AvgIpc) is 2.73. The Morgan fingerprint density at radius 1 is 1.56 bits per heavy atom. The molecule has 1 aliphatic rings. The quantitative estimate of drug-likeness (QED) is 0.870. The lowest BCUT2D eigenvalue weighted by molar-refractivity contribution is 0.116. The van der Waals surface area contributed by atoms with E-state index in [1.165, 1.54) is 12.1 Å². The minimum atomic E-state index is 0.648. The molecular weight excluding hydrogens is 216 g/mol. The molecule has 2 heterocycles. The first-order valence-corrected chi connectivity index (χ1v) is 7.09. The van der Waals surface area contributed by atoms with Crippen molar-refractivity contribution in [3.8, 4) is 0 Å². The standard InChI is InChI=1S/C13H22N2S/c1-10(2)13-8-15(11(3)6-14-13)7-12-4-5-16-9-12/h4-5,9-11,13-14H,6-8H2,1-3H3. The molecule has 1 saturated heterocycles. The van der Waals surface area contributed by atoms with Crippen LogP contribution in [0.4, 0.5) is 0 Å². The van der Waals surface area contributed by atoms with Gasteiger partial charge in [-0.3, -0.25) is 4.90 Å². The fourth-order valence-electron chi connectivity index (χ4n) is 2.23. The minimum Gasteiger partial charge on any atom is -0.311 e. The van der Waals surface area contributed by atoms with Gasteiger partial charge in [0.25, 0.3) is 0 Å². The molecule has 1 aromatic heterocycles. The molecule has 2 rings (SSSR count). The third-order valence-corrected chi connectivity index (χ3v) is 4.23. The molecule has 0 aromatic carbocycles. The van der Waals surface area contributed by atoms with E-state index >= 15 is 0 Å². The maximum Gasteiger partial charge on any atom is 0.0246 e. The highest BCUT2D eigenvalue weighted by molar-refractivity contribution is 7.07. The summed E-state index contributed by atoms with van der Waals surface area (Å²) in [4.78, 5) is 2.60. The number of hydrogen-bond donors (Lipinski definition) is 1. The summed E-state index contributed by atoms with van der Waals surface area (Å²) in [5.74, 6) is 0.720. The van der Waals surface area contributed by atoms with Crippen LogP contribution in [0, 0.1) is 5.92 Å². The number of hydrogen-bond acceptors (Lipinski definition) is 3. The Balaban J connectivity index is 1.96. The van der Waals surface area contributed by atoms with Crippen LogP contribution in [0.15, 0.2) is 16.8 Å². The highest BCUT2D eigenvalue weighted by atomic mass is 32.1. The zero-order valence-electron chi connectivity index (χ0n) is 10.4. The fourth-order valence-corrected chi connectivity index (χ4v) is 2.89. The van der Waals surface area contributed by atoms with Gasteiger partial charge in [0.2, 0.25) is 0 Å². The van der Waals surface area contributed by atoms with Gasteiger partial charge in [0, 0.05) is 31.7 Å². The molecule has 0 saturated carbocycles. The van der Waals surface area contributed by atoms with E-state index in [9.17, 15) is 0 Å². The topological polar surface area (TPSA) is 15.3 Å². The summed E-state index contributed by atoms with van der Waals surface area (Å²) in [5.41, 5.74) is 1.46. The van der Waals surface area contributed by atoms with Crippen LogP contribution in [-0.4, -0.2) is 30.1 Å². The van der Waals surface area contributed by atoms with Crippen molar-refractivity contribution in [3.05, 3.63) is 22.4 Å². The van der Waals surface area contributed by atoms with Gasteiger partial charge >= 0.3 is 0 Å². The Hall–Kier alpha value is -0.380. The second kappa shape index (κ2) is 5.30. The van der Waals surface area contributed by atoms with Crippen molar-refractivity contribution in [2.45, 2.75) is 39.4 Å². The zero-order valence-corrected chi connectivity index (χ0v) is 11.3. The Morgan fingerprint density at radius 2 is 2.38 bits per heavy atom. The number of thiophene rings is 1. The van der Waals surface area contributed by atoms with E-state index < -0.39 is 0 Å². The molecule has 0 bridgehead atoms. The molecule has 2 nitrogen and oxygen atoms in total. The van der Waals surface area contributed by atoms with Gasteiger partial charge < -0.3 is 5.32 Å². The molecule has 1 N–H and O–H groups in total. The van der Waals surface area contributed by atoms with Crippen molar-refractivity contribution < 1.29 is 0 Å². The predicted molar refractivity (Wildman–Crippen MR) is 70.8 cm³/mol. The summed E-state index contributed by atoms with van der Waals surface area (Å²) in [7, 11) is 0. The number of piperazine rings is 1. The maximum absolute atomic E-state index is 3.64. The van der Waals surface area contributed by atoms with E-state index in [0.717, 1.165) is 19.0 Å². The van der Waals surface area contributed by atoms with Crippen LogP contribution in [0.2, 0.25) is 0 Å². The summed E-state index contributed by atoms with van der Waals surface area (Å²) in [5, 5.41) is 8.07. The van der Waals surface area contributed by atoms with Crippen molar-refractivity contribution in [1.29, 1.82) is 0 Å². The highest BCUT2D eigenvalue weighted by Gasteiger charge is 2.26. The first-order valence-electron chi connectivity index (χ1n) is 6.15.